The summed E-state index contributed by atoms with van der Waals surface area (Å²) in [5, 5.41) is 0. The van der Waals surface area contributed by atoms with Crippen LogP contribution < -0.4 is 4.74 Å². The van der Waals surface area contributed by atoms with Gasteiger partial charge in [0.15, 0.2) is 0 Å². The molecule has 0 fully saturated rings. The van der Waals surface area contributed by atoms with Gasteiger partial charge in [-0.05, 0) is 42.7 Å². The fraction of sp³-hybridized carbons (Fsp3) is 0.667. The van der Waals surface area contributed by atoms with Crippen LogP contribution in [0.3, 0.4) is 0 Å². The van der Waals surface area contributed by atoms with E-state index in [9.17, 15) is 0 Å². The lowest BCUT2D eigenvalue weighted by molar-refractivity contribution is 0.296. The van der Waals surface area contributed by atoms with Crippen molar-refractivity contribution in [3.05, 3.63) is 29.3 Å². The molecule has 0 amide bonds. The van der Waals surface area contributed by atoms with Crippen LogP contribution in [0, 0.1) is 0 Å². The number of hydrogen-bond donors (Lipinski definition) is 0. The van der Waals surface area contributed by atoms with Gasteiger partial charge in [0.05, 0.1) is 6.61 Å². The predicted molar refractivity (Wildman–Crippen MR) is 82.0 cm³/mol. The number of hydrogen-bond acceptors (Lipinski definition) is 1. The second-order valence-corrected chi connectivity index (χ2v) is 6.16. The molecule has 1 unspecified atom stereocenters. The zero-order chi connectivity index (χ0) is 13.7. The molecule has 1 aliphatic rings. The first-order valence-corrected chi connectivity index (χ1v) is 7.96. The van der Waals surface area contributed by atoms with E-state index in [0.717, 1.165) is 18.8 Å². The molecule has 0 aromatic heterocycles. The van der Waals surface area contributed by atoms with Crippen molar-refractivity contribution in [2.24, 2.45) is 0 Å². The zero-order valence-corrected chi connectivity index (χ0v) is 12.8. The third-order valence-electron chi connectivity index (χ3n) is 4.50. The molecule has 0 radical (unpaired) electrons. The maximum Gasteiger partial charge on any atom is 0.123 e. The van der Waals surface area contributed by atoms with Crippen LogP contribution >= 0.6 is 0 Å². The van der Waals surface area contributed by atoms with Crippen molar-refractivity contribution >= 4 is 0 Å². The van der Waals surface area contributed by atoms with Crippen molar-refractivity contribution in [3.8, 4) is 5.75 Å². The minimum Gasteiger partial charge on any atom is -0.493 e. The van der Waals surface area contributed by atoms with Crippen molar-refractivity contribution in [2.45, 2.75) is 71.1 Å². The maximum atomic E-state index is 6.06. The molecule has 0 aliphatic heterocycles. The number of benzene rings is 1. The van der Waals surface area contributed by atoms with Crippen LogP contribution in [-0.2, 0) is 11.8 Å². The highest BCUT2D eigenvalue weighted by Gasteiger charge is 2.36. The third kappa shape index (κ3) is 3.13. The minimum absolute atomic E-state index is 0.341. The van der Waals surface area contributed by atoms with Crippen LogP contribution in [0.25, 0.3) is 0 Å². The van der Waals surface area contributed by atoms with E-state index in [2.05, 4.69) is 39.0 Å². The van der Waals surface area contributed by atoms with Gasteiger partial charge in [-0.25, -0.2) is 0 Å². The number of aryl methyl sites for hydroxylation is 1. The molecule has 0 N–H and O–H groups in total. The Labute approximate surface area is 118 Å². The van der Waals surface area contributed by atoms with E-state index in [1.807, 2.05) is 0 Å². The lowest BCUT2D eigenvalue weighted by Gasteiger charge is -2.27. The molecular weight excluding hydrogens is 232 g/mol. The summed E-state index contributed by atoms with van der Waals surface area (Å²) >= 11 is 0. The van der Waals surface area contributed by atoms with Crippen molar-refractivity contribution in [1.29, 1.82) is 0 Å². The molecule has 0 saturated heterocycles. The molecule has 0 spiro atoms. The molecule has 0 heterocycles. The van der Waals surface area contributed by atoms with Gasteiger partial charge < -0.3 is 4.74 Å². The van der Waals surface area contributed by atoms with Gasteiger partial charge in [0.2, 0.25) is 0 Å². The van der Waals surface area contributed by atoms with E-state index >= 15 is 0 Å². The summed E-state index contributed by atoms with van der Waals surface area (Å²) in [5.41, 5.74) is 3.38. The normalized spacial score (nSPS) is 21.4. The SMILES string of the molecule is CCCCOc1cccc2c1C(C)(CCCC)CC2. The van der Waals surface area contributed by atoms with E-state index in [-0.39, 0.29) is 0 Å². The van der Waals surface area contributed by atoms with Crippen molar-refractivity contribution < 1.29 is 4.74 Å². The smallest absolute Gasteiger partial charge is 0.123 e. The van der Waals surface area contributed by atoms with Gasteiger partial charge in [-0.2, -0.15) is 0 Å². The summed E-state index contributed by atoms with van der Waals surface area (Å²) in [7, 11) is 0. The van der Waals surface area contributed by atoms with E-state index in [1.54, 1.807) is 0 Å². The van der Waals surface area contributed by atoms with Crippen molar-refractivity contribution in [1.82, 2.24) is 0 Å². The summed E-state index contributed by atoms with van der Waals surface area (Å²) < 4.78 is 6.06. The highest BCUT2D eigenvalue weighted by molar-refractivity contribution is 5.48. The first-order valence-electron chi connectivity index (χ1n) is 7.96. The molecule has 1 aromatic rings. The van der Waals surface area contributed by atoms with Gasteiger partial charge in [-0.1, -0.05) is 52.2 Å². The Hall–Kier alpha value is -0.980. The van der Waals surface area contributed by atoms with Crippen molar-refractivity contribution in [3.63, 3.8) is 0 Å². The van der Waals surface area contributed by atoms with E-state index in [0.29, 0.717) is 5.41 Å². The lowest BCUT2D eigenvalue weighted by atomic mass is 9.79. The quantitative estimate of drug-likeness (QED) is 0.608. The number of rotatable bonds is 7. The molecule has 1 atom stereocenters. The number of unbranched alkanes of at least 4 members (excludes halogenated alkanes) is 2. The molecular formula is C18H28O. The summed E-state index contributed by atoms with van der Waals surface area (Å²) in [6.07, 6.45) is 8.75. The van der Waals surface area contributed by atoms with E-state index in [1.165, 1.54) is 49.7 Å². The predicted octanol–water partition coefficient (Wildman–Crippen LogP) is 5.26. The van der Waals surface area contributed by atoms with Crippen LogP contribution in [-0.4, -0.2) is 6.61 Å². The molecule has 0 bridgehead atoms. The van der Waals surface area contributed by atoms with Gasteiger partial charge in [0.1, 0.15) is 5.75 Å². The maximum absolute atomic E-state index is 6.06. The van der Waals surface area contributed by atoms with Crippen LogP contribution in [0.2, 0.25) is 0 Å². The summed E-state index contributed by atoms with van der Waals surface area (Å²) in [5.74, 6) is 1.15. The standard InChI is InChI=1S/C18H28O/c1-4-6-12-18(3)13-11-15-9-8-10-16(17(15)18)19-14-7-5-2/h8-10H,4-7,11-14H2,1-3H3. The van der Waals surface area contributed by atoms with Crippen LogP contribution in [0.5, 0.6) is 5.75 Å². The molecule has 1 heteroatoms. The summed E-state index contributed by atoms with van der Waals surface area (Å²) in [6, 6.07) is 6.62. The minimum atomic E-state index is 0.341. The Kier molecular flexibility index (Phi) is 4.90. The fourth-order valence-corrected chi connectivity index (χ4v) is 3.27. The van der Waals surface area contributed by atoms with Gasteiger partial charge in [-0.3, -0.25) is 0 Å². The average Bonchev–Trinajstić information content (AvgIpc) is 2.76. The summed E-state index contributed by atoms with van der Waals surface area (Å²) in [6.45, 7) is 7.78. The average molecular weight is 260 g/mol. The summed E-state index contributed by atoms with van der Waals surface area (Å²) in [4.78, 5) is 0. The highest BCUT2D eigenvalue weighted by atomic mass is 16.5. The molecule has 19 heavy (non-hydrogen) atoms. The topological polar surface area (TPSA) is 9.23 Å². The van der Waals surface area contributed by atoms with Gasteiger partial charge in [0.25, 0.3) is 0 Å². The van der Waals surface area contributed by atoms with Crippen LogP contribution in [0.4, 0.5) is 0 Å². The van der Waals surface area contributed by atoms with Gasteiger partial charge in [-0.15, -0.1) is 0 Å². The first kappa shape index (κ1) is 14.4. The van der Waals surface area contributed by atoms with Gasteiger partial charge in [0, 0.05) is 5.56 Å². The Morgan fingerprint density at radius 2 is 1.95 bits per heavy atom. The van der Waals surface area contributed by atoms with E-state index < -0.39 is 0 Å². The van der Waals surface area contributed by atoms with E-state index in [4.69, 9.17) is 4.74 Å². The van der Waals surface area contributed by atoms with Gasteiger partial charge >= 0.3 is 0 Å². The molecule has 1 aromatic carbocycles. The largest absolute Gasteiger partial charge is 0.493 e. The van der Waals surface area contributed by atoms with Crippen LogP contribution in [0.15, 0.2) is 18.2 Å². The van der Waals surface area contributed by atoms with Crippen LogP contribution in [0.1, 0.15) is 70.4 Å². The third-order valence-corrected chi connectivity index (χ3v) is 4.50. The Bertz CT molecular complexity index is 410. The number of fused-ring (bicyclic) bond motifs is 1. The fourth-order valence-electron chi connectivity index (χ4n) is 3.27. The monoisotopic (exact) mass is 260 g/mol. The number of ether oxygens (including phenoxy) is 1. The lowest BCUT2D eigenvalue weighted by Crippen LogP contribution is -2.19. The second-order valence-electron chi connectivity index (χ2n) is 6.16. The van der Waals surface area contributed by atoms with Crippen molar-refractivity contribution in [2.75, 3.05) is 6.61 Å². The molecule has 0 saturated carbocycles. The highest BCUT2D eigenvalue weighted by Crippen LogP contribution is 2.46. The first-order chi connectivity index (χ1) is 9.21. The Morgan fingerprint density at radius 1 is 1.16 bits per heavy atom. The molecule has 106 valence electrons. The molecule has 2 rings (SSSR count). The Morgan fingerprint density at radius 3 is 2.68 bits per heavy atom. The zero-order valence-electron chi connectivity index (χ0n) is 12.8. The molecule has 1 nitrogen and oxygen atoms in total. The molecule has 1 aliphatic carbocycles. The second kappa shape index (κ2) is 6.45. The Balaban J connectivity index is 2.20.